The molecular formula is C10H15N7OS. The molecule has 8 nitrogen and oxygen atoms in total. The Morgan fingerprint density at radius 2 is 2.37 bits per heavy atom. The van der Waals surface area contributed by atoms with E-state index in [4.69, 9.17) is 0 Å². The number of H-pyrrole nitrogens is 1. The Bertz CT molecular complexity index is 524. The van der Waals surface area contributed by atoms with Gasteiger partial charge in [-0.1, -0.05) is 18.3 Å². The first-order valence-electron chi connectivity index (χ1n) is 5.87. The smallest absolute Gasteiger partial charge is 0.285 e. The summed E-state index contributed by atoms with van der Waals surface area (Å²) in [6.45, 7) is 3.23. The van der Waals surface area contributed by atoms with Gasteiger partial charge in [-0.15, -0.1) is 10.2 Å². The fraction of sp³-hybridized carbons (Fsp3) is 0.500. The minimum atomic E-state index is -0.182. The molecule has 0 saturated carbocycles. The van der Waals surface area contributed by atoms with E-state index in [0.29, 0.717) is 22.5 Å². The largest absolute Gasteiger partial charge is 0.360 e. The van der Waals surface area contributed by atoms with E-state index in [1.54, 1.807) is 7.05 Å². The fourth-order valence-electron chi connectivity index (χ4n) is 1.38. The Labute approximate surface area is 114 Å². The van der Waals surface area contributed by atoms with Crippen molar-refractivity contribution < 1.29 is 4.79 Å². The number of rotatable bonds is 6. The topological polar surface area (TPSA) is 99.7 Å². The number of aromatic amines is 1. The summed E-state index contributed by atoms with van der Waals surface area (Å²) in [5, 5.41) is 18.4. The number of nitrogens with zero attached hydrogens (tertiary/aromatic N) is 5. The van der Waals surface area contributed by atoms with E-state index in [1.165, 1.54) is 22.6 Å². The maximum absolute atomic E-state index is 12.1. The lowest BCUT2D eigenvalue weighted by Crippen LogP contribution is -2.26. The molecule has 1 amide bonds. The summed E-state index contributed by atoms with van der Waals surface area (Å²) in [5.41, 5.74) is 0. The van der Waals surface area contributed by atoms with Crippen molar-refractivity contribution in [3.05, 3.63) is 17.2 Å². The maximum Gasteiger partial charge on any atom is 0.285 e. The Kier molecular flexibility index (Phi) is 4.39. The first-order chi connectivity index (χ1) is 9.20. The van der Waals surface area contributed by atoms with E-state index in [-0.39, 0.29) is 5.91 Å². The molecule has 0 aliphatic carbocycles. The number of carbonyl (C=O) groups excluding carboxylic acids is 1. The number of hydrogen-bond acceptors (Lipinski definition) is 7. The third-order valence-electron chi connectivity index (χ3n) is 2.33. The Morgan fingerprint density at radius 1 is 1.53 bits per heavy atom. The van der Waals surface area contributed by atoms with Crippen molar-refractivity contribution in [1.29, 1.82) is 0 Å². The second-order valence-corrected chi connectivity index (χ2v) is 4.91. The minimum Gasteiger partial charge on any atom is -0.360 e. The summed E-state index contributed by atoms with van der Waals surface area (Å²) in [4.78, 5) is 17.6. The molecule has 2 rings (SSSR count). The summed E-state index contributed by atoms with van der Waals surface area (Å²) < 4.78 is 0. The molecule has 102 valence electrons. The quantitative estimate of drug-likeness (QED) is 0.810. The Hall–Kier alpha value is -2.03. The minimum absolute atomic E-state index is 0.182. The second-order valence-electron chi connectivity index (χ2n) is 3.93. The van der Waals surface area contributed by atoms with Crippen LogP contribution >= 0.6 is 11.3 Å². The number of nitrogens with one attached hydrogen (secondary N) is 2. The SMILES string of the molecule is CCCNc1nnc(C(=O)N(C)Cc2ncn[nH]2)s1. The van der Waals surface area contributed by atoms with Gasteiger partial charge < -0.3 is 10.2 Å². The number of aromatic nitrogens is 5. The van der Waals surface area contributed by atoms with Gasteiger partial charge in [0.05, 0.1) is 6.54 Å². The molecule has 0 fully saturated rings. The third kappa shape index (κ3) is 3.47. The third-order valence-corrected chi connectivity index (χ3v) is 3.20. The van der Waals surface area contributed by atoms with Crippen molar-refractivity contribution in [3.8, 4) is 0 Å². The zero-order chi connectivity index (χ0) is 13.7. The fourth-order valence-corrected chi connectivity index (χ4v) is 2.14. The van der Waals surface area contributed by atoms with Crippen LogP contribution in [0, 0.1) is 0 Å². The molecule has 0 unspecified atom stereocenters. The molecule has 0 spiro atoms. The molecule has 0 saturated heterocycles. The summed E-state index contributed by atoms with van der Waals surface area (Å²) in [7, 11) is 1.69. The molecule has 2 N–H and O–H groups in total. The van der Waals surface area contributed by atoms with Gasteiger partial charge in [0.1, 0.15) is 12.2 Å². The van der Waals surface area contributed by atoms with Crippen LogP contribution in [0.3, 0.4) is 0 Å². The van der Waals surface area contributed by atoms with Gasteiger partial charge in [0.25, 0.3) is 5.91 Å². The predicted octanol–water partition coefficient (Wildman–Crippen LogP) is 0.750. The molecule has 2 aromatic rings. The van der Waals surface area contributed by atoms with E-state index >= 15 is 0 Å². The predicted molar refractivity (Wildman–Crippen MR) is 70.9 cm³/mol. The Morgan fingerprint density at radius 3 is 3.05 bits per heavy atom. The van der Waals surface area contributed by atoms with Crippen LogP contribution in [-0.2, 0) is 6.54 Å². The zero-order valence-corrected chi connectivity index (χ0v) is 11.6. The van der Waals surface area contributed by atoms with Crippen LogP contribution in [0.2, 0.25) is 0 Å². The van der Waals surface area contributed by atoms with Gasteiger partial charge in [0.15, 0.2) is 0 Å². The molecule has 9 heteroatoms. The van der Waals surface area contributed by atoms with Crippen LogP contribution in [0.25, 0.3) is 0 Å². The molecule has 0 radical (unpaired) electrons. The van der Waals surface area contributed by atoms with Crippen molar-refractivity contribution >= 4 is 22.4 Å². The number of carbonyl (C=O) groups is 1. The summed E-state index contributed by atoms with van der Waals surface area (Å²) >= 11 is 1.25. The van der Waals surface area contributed by atoms with Gasteiger partial charge in [-0.25, -0.2) is 4.98 Å². The zero-order valence-electron chi connectivity index (χ0n) is 10.8. The van der Waals surface area contributed by atoms with Gasteiger partial charge in [-0.3, -0.25) is 9.89 Å². The second kappa shape index (κ2) is 6.23. The summed E-state index contributed by atoms with van der Waals surface area (Å²) in [5.74, 6) is 0.447. The molecule has 0 bridgehead atoms. The van der Waals surface area contributed by atoms with E-state index < -0.39 is 0 Å². The summed E-state index contributed by atoms with van der Waals surface area (Å²) in [6, 6.07) is 0. The molecule has 0 aliphatic heterocycles. The highest BCUT2D eigenvalue weighted by Gasteiger charge is 2.18. The first kappa shape index (κ1) is 13.4. The van der Waals surface area contributed by atoms with E-state index in [9.17, 15) is 4.79 Å². The van der Waals surface area contributed by atoms with Crippen LogP contribution in [0.4, 0.5) is 5.13 Å². The van der Waals surface area contributed by atoms with Crippen molar-refractivity contribution in [2.45, 2.75) is 19.9 Å². The molecule has 19 heavy (non-hydrogen) atoms. The number of anilines is 1. The maximum atomic E-state index is 12.1. The van der Waals surface area contributed by atoms with Crippen LogP contribution in [-0.4, -0.2) is 49.8 Å². The molecule has 0 aromatic carbocycles. The normalized spacial score (nSPS) is 10.4. The van der Waals surface area contributed by atoms with Crippen molar-refractivity contribution in [2.24, 2.45) is 0 Å². The van der Waals surface area contributed by atoms with Crippen LogP contribution in [0.15, 0.2) is 6.33 Å². The lowest BCUT2D eigenvalue weighted by atomic mass is 10.5. The van der Waals surface area contributed by atoms with Crippen molar-refractivity contribution in [1.82, 2.24) is 30.3 Å². The van der Waals surface area contributed by atoms with Gasteiger partial charge in [0.2, 0.25) is 10.1 Å². The van der Waals surface area contributed by atoms with Crippen LogP contribution in [0.5, 0.6) is 0 Å². The van der Waals surface area contributed by atoms with E-state index in [0.717, 1.165) is 13.0 Å². The van der Waals surface area contributed by atoms with Crippen LogP contribution in [0.1, 0.15) is 29.0 Å². The number of hydrogen-bond donors (Lipinski definition) is 2. The van der Waals surface area contributed by atoms with Crippen molar-refractivity contribution in [2.75, 3.05) is 18.9 Å². The highest BCUT2D eigenvalue weighted by molar-refractivity contribution is 7.17. The molecule has 2 aromatic heterocycles. The molecular weight excluding hydrogens is 266 g/mol. The molecule has 2 heterocycles. The van der Waals surface area contributed by atoms with Gasteiger partial charge in [-0.05, 0) is 6.42 Å². The first-order valence-corrected chi connectivity index (χ1v) is 6.69. The number of amides is 1. The lowest BCUT2D eigenvalue weighted by molar-refractivity contribution is 0.0780. The van der Waals surface area contributed by atoms with E-state index in [1.807, 2.05) is 0 Å². The average molecular weight is 281 g/mol. The van der Waals surface area contributed by atoms with E-state index in [2.05, 4.69) is 37.6 Å². The lowest BCUT2D eigenvalue weighted by Gasteiger charge is -2.12. The monoisotopic (exact) mass is 281 g/mol. The van der Waals surface area contributed by atoms with Gasteiger partial charge >= 0.3 is 0 Å². The van der Waals surface area contributed by atoms with Gasteiger partial charge in [0, 0.05) is 13.6 Å². The molecule has 0 atom stereocenters. The highest BCUT2D eigenvalue weighted by Crippen LogP contribution is 2.16. The van der Waals surface area contributed by atoms with Crippen molar-refractivity contribution in [3.63, 3.8) is 0 Å². The summed E-state index contributed by atoms with van der Waals surface area (Å²) in [6.07, 6.45) is 2.40. The van der Waals surface area contributed by atoms with Gasteiger partial charge in [-0.2, -0.15) is 5.10 Å². The standard InChI is InChI=1S/C10H15N7OS/c1-3-4-11-10-16-15-8(19-10)9(18)17(2)5-7-12-6-13-14-7/h6H,3-5H2,1-2H3,(H,11,16)(H,12,13,14). The average Bonchev–Trinajstić information content (AvgIpc) is 3.06. The Balaban J connectivity index is 1.96. The highest BCUT2D eigenvalue weighted by atomic mass is 32.1. The van der Waals surface area contributed by atoms with Crippen LogP contribution < -0.4 is 5.32 Å². The molecule has 0 aliphatic rings.